The number of anilines is 1. The average Bonchev–Trinajstić information content (AvgIpc) is 2.74. The minimum atomic E-state index is -0.0803. The average molecular weight is 433 g/mol. The van der Waals surface area contributed by atoms with E-state index in [2.05, 4.69) is 50.8 Å². The number of amides is 1. The predicted octanol–water partition coefficient (Wildman–Crippen LogP) is 4.52. The highest BCUT2D eigenvalue weighted by molar-refractivity contribution is 14.1. The lowest BCUT2D eigenvalue weighted by atomic mass is 10.3. The van der Waals surface area contributed by atoms with E-state index in [0.717, 1.165) is 26.7 Å². The Morgan fingerprint density at radius 3 is 2.84 bits per heavy atom. The SMILES string of the molecule is CCCn1cc(Br)cc1C(=O)Nc1ccccc1I. The Labute approximate surface area is 134 Å². The number of nitrogens with one attached hydrogen (secondary N) is 1. The fourth-order valence-electron chi connectivity index (χ4n) is 1.84. The van der Waals surface area contributed by atoms with Crippen LogP contribution in [0.4, 0.5) is 5.69 Å². The number of hydrogen-bond acceptors (Lipinski definition) is 1. The highest BCUT2D eigenvalue weighted by atomic mass is 127. The largest absolute Gasteiger partial charge is 0.342 e. The van der Waals surface area contributed by atoms with Gasteiger partial charge >= 0.3 is 0 Å². The summed E-state index contributed by atoms with van der Waals surface area (Å²) in [6.07, 6.45) is 2.93. The van der Waals surface area contributed by atoms with Gasteiger partial charge in [-0.3, -0.25) is 4.79 Å². The Kier molecular flexibility index (Phi) is 5.04. The number of carbonyl (C=O) groups excluding carboxylic acids is 1. The van der Waals surface area contributed by atoms with Crippen molar-refractivity contribution in [2.24, 2.45) is 0 Å². The third kappa shape index (κ3) is 3.60. The first-order chi connectivity index (χ1) is 9.11. The van der Waals surface area contributed by atoms with Crippen LogP contribution in [0.25, 0.3) is 0 Å². The summed E-state index contributed by atoms with van der Waals surface area (Å²) in [5, 5.41) is 2.95. The Morgan fingerprint density at radius 2 is 2.16 bits per heavy atom. The third-order valence-electron chi connectivity index (χ3n) is 2.68. The quantitative estimate of drug-likeness (QED) is 0.708. The number of para-hydroxylation sites is 1. The molecule has 19 heavy (non-hydrogen) atoms. The minimum absolute atomic E-state index is 0.0803. The molecule has 1 aromatic heterocycles. The van der Waals surface area contributed by atoms with Crippen molar-refractivity contribution in [3.05, 3.63) is 50.3 Å². The lowest BCUT2D eigenvalue weighted by Crippen LogP contribution is -2.17. The maximum Gasteiger partial charge on any atom is 0.272 e. The number of carbonyl (C=O) groups is 1. The first-order valence-electron chi connectivity index (χ1n) is 6.03. The van der Waals surface area contributed by atoms with Crippen LogP contribution in [-0.4, -0.2) is 10.5 Å². The summed E-state index contributed by atoms with van der Waals surface area (Å²) in [4.78, 5) is 12.3. The zero-order valence-corrected chi connectivity index (χ0v) is 14.2. The van der Waals surface area contributed by atoms with E-state index in [1.54, 1.807) is 0 Å². The summed E-state index contributed by atoms with van der Waals surface area (Å²) in [7, 11) is 0. The fraction of sp³-hybridized carbons (Fsp3) is 0.214. The molecular weight excluding hydrogens is 419 g/mol. The van der Waals surface area contributed by atoms with Crippen molar-refractivity contribution in [1.82, 2.24) is 4.57 Å². The van der Waals surface area contributed by atoms with Crippen molar-refractivity contribution in [1.29, 1.82) is 0 Å². The van der Waals surface area contributed by atoms with Crippen LogP contribution < -0.4 is 5.32 Å². The van der Waals surface area contributed by atoms with Crippen LogP contribution in [0.3, 0.4) is 0 Å². The molecule has 0 aliphatic rings. The molecule has 0 bridgehead atoms. The lowest BCUT2D eigenvalue weighted by molar-refractivity contribution is 0.101. The molecule has 0 fully saturated rings. The molecule has 2 aromatic rings. The Balaban J connectivity index is 2.23. The van der Waals surface area contributed by atoms with Crippen molar-refractivity contribution in [2.45, 2.75) is 19.9 Å². The van der Waals surface area contributed by atoms with Gasteiger partial charge in [-0.2, -0.15) is 0 Å². The number of halogens is 2. The van der Waals surface area contributed by atoms with Crippen molar-refractivity contribution in [3.8, 4) is 0 Å². The number of rotatable bonds is 4. The van der Waals surface area contributed by atoms with E-state index >= 15 is 0 Å². The van der Waals surface area contributed by atoms with Crippen LogP contribution in [0, 0.1) is 3.57 Å². The first-order valence-corrected chi connectivity index (χ1v) is 7.90. The van der Waals surface area contributed by atoms with Crippen molar-refractivity contribution in [2.75, 3.05) is 5.32 Å². The molecule has 0 spiro atoms. The molecule has 0 aliphatic heterocycles. The monoisotopic (exact) mass is 432 g/mol. The number of aryl methyl sites for hydroxylation is 1. The summed E-state index contributed by atoms with van der Waals surface area (Å²) in [6, 6.07) is 9.59. The highest BCUT2D eigenvalue weighted by Gasteiger charge is 2.13. The number of nitrogens with zero attached hydrogens (tertiary/aromatic N) is 1. The molecule has 1 heterocycles. The summed E-state index contributed by atoms with van der Waals surface area (Å²) in [6.45, 7) is 2.93. The smallest absolute Gasteiger partial charge is 0.272 e. The molecule has 0 unspecified atom stereocenters. The number of benzene rings is 1. The standard InChI is InChI=1S/C14H14BrIN2O/c1-2-7-18-9-10(15)8-13(18)14(19)17-12-6-4-3-5-11(12)16/h3-6,8-9H,2,7H2,1H3,(H,17,19). The second-order valence-electron chi connectivity index (χ2n) is 4.17. The van der Waals surface area contributed by atoms with Gasteiger partial charge in [0.2, 0.25) is 0 Å². The molecule has 100 valence electrons. The highest BCUT2D eigenvalue weighted by Crippen LogP contribution is 2.20. The molecule has 1 amide bonds. The second kappa shape index (κ2) is 6.56. The van der Waals surface area contributed by atoms with Crippen LogP contribution in [0.1, 0.15) is 23.8 Å². The van der Waals surface area contributed by atoms with Gasteiger partial charge in [0.1, 0.15) is 5.69 Å². The third-order valence-corrected chi connectivity index (χ3v) is 4.06. The van der Waals surface area contributed by atoms with Gasteiger partial charge in [0.25, 0.3) is 5.91 Å². The van der Waals surface area contributed by atoms with Crippen molar-refractivity contribution < 1.29 is 4.79 Å². The first kappa shape index (κ1) is 14.6. The molecule has 0 atom stereocenters. The summed E-state index contributed by atoms with van der Waals surface area (Å²) >= 11 is 5.63. The molecule has 0 saturated carbocycles. The minimum Gasteiger partial charge on any atom is -0.342 e. The summed E-state index contributed by atoms with van der Waals surface area (Å²) in [5.74, 6) is -0.0803. The molecule has 3 nitrogen and oxygen atoms in total. The molecular formula is C14H14BrIN2O. The molecule has 0 aliphatic carbocycles. The topological polar surface area (TPSA) is 34.0 Å². The lowest BCUT2D eigenvalue weighted by Gasteiger charge is -2.09. The second-order valence-corrected chi connectivity index (χ2v) is 6.25. The van der Waals surface area contributed by atoms with Gasteiger partial charge in [0.15, 0.2) is 0 Å². The van der Waals surface area contributed by atoms with E-state index in [4.69, 9.17) is 0 Å². The van der Waals surface area contributed by atoms with Gasteiger partial charge < -0.3 is 9.88 Å². The van der Waals surface area contributed by atoms with Gasteiger partial charge in [0.05, 0.1) is 5.69 Å². The van der Waals surface area contributed by atoms with Crippen molar-refractivity contribution in [3.63, 3.8) is 0 Å². The Hall–Kier alpha value is -0.820. The normalized spacial score (nSPS) is 10.5. The van der Waals surface area contributed by atoms with Gasteiger partial charge in [-0.25, -0.2) is 0 Å². The maximum absolute atomic E-state index is 12.3. The number of aromatic nitrogens is 1. The maximum atomic E-state index is 12.3. The van der Waals surface area contributed by atoms with E-state index in [1.165, 1.54) is 0 Å². The van der Waals surface area contributed by atoms with E-state index in [-0.39, 0.29) is 5.91 Å². The van der Waals surface area contributed by atoms with E-state index in [1.807, 2.05) is 41.1 Å². The van der Waals surface area contributed by atoms with Gasteiger partial charge in [-0.1, -0.05) is 19.1 Å². The molecule has 1 N–H and O–H groups in total. The van der Waals surface area contributed by atoms with Crippen molar-refractivity contribution >= 4 is 50.1 Å². The fourth-order valence-corrected chi connectivity index (χ4v) is 2.83. The van der Waals surface area contributed by atoms with Crippen LogP contribution >= 0.6 is 38.5 Å². The van der Waals surface area contributed by atoms with Gasteiger partial charge in [-0.15, -0.1) is 0 Å². The molecule has 5 heteroatoms. The zero-order chi connectivity index (χ0) is 13.8. The van der Waals surface area contributed by atoms with E-state index in [0.29, 0.717) is 5.69 Å². The molecule has 0 radical (unpaired) electrons. The van der Waals surface area contributed by atoms with Gasteiger partial charge in [-0.05, 0) is 63.1 Å². The van der Waals surface area contributed by atoms with Crippen LogP contribution in [0.15, 0.2) is 41.0 Å². The summed E-state index contributed by atoms with van der Waals surface area (Å²) in [5.41, 5.74) is 1.52. The Bertz CT molecular complexity index is 595. The Morgan fingerprint density at radius 1 is 1.42 bits per heavy atom. The van der Waals surface area contributed by atoms with E-state index in [9.17, 15) is 4.79 Å². The predicted molar refractivity (Wildman–Crippen MR) is 89.5 cm³/mol. The zero-order valence-electron chi connectivity index (χ0n) is 10.5. The van der Waals surface area contributed by atoms with Crippen LogP contribution in [-0.2, 0) is 6.54 Å². The summed E-state index contributed by atoms with van der Waals surface area (Å²) < 4.78 is 3.92. The molecule has 0 saturated heterocycles. The molecule has 2 rings (SSSR count). The van der Waals surface area contributed by atoms with Crippen LogP contribution in [0.2, 0.25) is 0 Å². The van der Waals surface area contributed by atoms with E-state index < -0.39 is 0 Å². The van der Waals surface area contributed by atoms with Gasteiger partial charge in [0, 0.05) is 20.8 Å². The number of hydrogen-bond donors (Lipinski definition) is 1. The molecule has 1 aromatic carbocycles. The van der Waals surface area contributed by atoms with Crippen LogP contribution in [0.5, 0.6) is 0 Å².